The maximum atomic E-state index is 5.69. The summed E-state index contributed by atoms with van der Waals surface area (Å²) >= 11 is 0. The summed E-state index contributed by atoms with van der Waals surface area (Å²) in [5, 5.41) is 0. The first-order valence-corrected chi connectivity index (χ1v) is 4.91. The lowest BCUT2D eigenvalue weighted by molar-refractivity contribution is 0.322. The largest absolute Gasteiger partial charge is 0.330 e. The molecular weight excluding hydrogens is 148 g/mol. The Morgan fingerprint density at radius 1 is 1.25 bits per heavy atom. The van der Waals surface area contributed by atoms with E-state index in [1.165, 1.54) is 12.8 Å². The van der Waals surface area contributed by atoms with Crippen molar-refractivity contribution < 1.29 is 0 Å². The minimum absolute atomic E-state index is 0.715. The third kappa shape index (κ3) is 6.62. The Bertz CT molecular complexity index is 100. The summed E-state index contributed by atoms with van der Waals surface area (Å²) < 4.78 is 0. The van der Waals surface area contributed by atoms with Crippen LogP contribution < -0.4 is 5.73 Å². The van der Waals surface area contributed by atoms with Crippen molar-refractivity contribution in [2.45, 2.75) is 26.7 Å². The van der Waals surface area contributed by atoms with E-state index < -0.39 is 0 Å². The monoisotopic (exact) mass is 172 g/mol. The molecule has 0 aromatic carbocycles. The molecule has 2 N–H and O–H groups in total. The summed E-state index contributed by atoms with van der Waals surface area (Å²) in [5.74, 6) is 1.49. The molecule has 2 heteroatoms. The Morgan fingerprint density at radius 2 is 1.83 bits per heavy atom. The molecule has 12 heavy (non-hydrogen) atoms. The normalized spacial score (nSPS) is 14.2. The van der Waals surface area contributed by atoms with Gasteiger partial charge >= 0.3 is 0 Å². The Morgan fingerprint density at radius 3 is 2.17 bits per heavy atom. The molecule has 0 aliphatic rings. The predicted molar refractivity (Wildman–Crippen MR) is 55.2 cm³/mol. The molecule has 0 radical (unpaired) electrons. The van der Waals surface area contributed by atoms with Gasteiger partial charge in [0.25, 0.3) is 0 Å². The molecular formula is C10H24N2. The molecule has 2 nitrogen and oxygen atoms in total. The number of hydrogen-bond acceptors (Lipinski definition) is 2. The molecule has 1 unspecified atom stereocenters. The highest BCUT2D eigenvalue weighted by Gasteiger charge is 2.08. The maximum Gasteiger partial charge on any atom is -0.00217 e. The van der Waals surface area contributed by atoms with E-state index in [4.69, 9.17) is 5.73 Å². The van der Waals surface area contributed by atoms with E-state index >= 15 is 0 Å². The summed E-state index contributed by atoms with van der Waals surface area (Å²) in [6.45, 7) is 6.53. The summed E-state index contributed by atoms with van der Waals surface area (Å²) in [4.78, 5) is 2.23. The minimum atomic E-state index is 0.715. The van der Waals surface area contributed by atoms with E-state index in [1.54, 1.807) is 0 Å². The van der Waals surface area contributed by atoms with Crippen LogP contribution in [0.2, 0.25) is 0 Å². The van der Waals surface area contributed by atoms with Gasteiger partial charge in [-0.2, -0.15) is 0 Å². The topological polar surface area (TPSA) is 29.3 Å². The van der Waals surface area contributed by atoms with Crippen LogP contribution in [0.3, 0.4) is 0 Å². The fourth-order valence-electron chi connectivity index (χ4n) is 1.44. The highest BCUT2D eigenvalue weighted by atomic mass is 15.0. The minimum Gasteiger partial charge on any atom is -0.330 e. The molecule has 1 atom stereocenters. The van der Waals surface area contributed by atoms with Crippen LogP contribution >= 0.6 is 0 Å². The SMILES string of the molecule is CC(C)CC(CN)CCN(C)C. The highest BCUT2D eigenvalue weighted by molar-refractivity contribution is 4.63. The highest BCUT2D eigenvalue weighted by Crippen LogP contribution is 2.13. The van der Waals surface area contributed by atoms with E-state index in [2.05, 4.69) is 32.8 Å². The van der Waals surface area contributed by atoms with Gasteiger partial charge in [0.2, 0.25) is 0 Å². The molecule has 0 aromatic rings. The second-order valence-electron chi connectivity index (χ2n) is 4.32. The second kappa shape index (κ2) is 6.44. The maximum absolute atomic E-state index is 5.69. The van der Waals surface area contributed by atoms with Crippen molar-refractivity contribution in [3.05, 3.63) is 0 Å². The van der Waals surface area contributed by atoms with Crippen molar-refractivity contribution >= 4 is 0 Å². The summed E-state index contributed by atoms with van der Waals surface area (Å²) in [5.41, 5.74) is 5.69. The molecule has 0 aliphatic carbocycles. The van der Waals surface area contributed by atoms with Gasteiger partial charge in [0.1, 0.15) is 0 Å². The van der Waals surface area contributed by atoms with Gasteiger partial charge in [0.05, 0.1) is 0 Å². The summed E-state index contributed by atoms with van der Waals surface area (Å²) in [6, 6.07) is 0. The van der Waals surface area contributed by atoms with Crippen LogP contribution in [0, 0.1) is 11.8 Å². The van der Waals surface area contributed by atoms with Gasteiger partial charge in [0.15, 0.2) is 0 Å². The van der Waals surface area contributed by atoms with Gasteiger partial charge < -0.3 is 10.6 Å². The van der Waals surface area contributed by atoms with Crippen LogP contribution in [0.25, 0.3) is 0 Å². The van der Waals surface area contributed by atoms with Crippen molar-refractivity contribution in [2.24, 2.45) is 17.6 Å². The first-order chi connectivity index (χ1) is 5.56. The van der Waals surface area contributed by atoms with Gasteiger partial charge in [-0.1, -0.05) is 13.8 Å². The average molecular weight is 172 g/mol. The van der Waals surface area contributed by atoms with Crippen LogP contribution in [0.5, 0.6) is 0 Å². The van der Waals surface area contributed by atoms with Crippen molar-refractivity contribution in [1.82, 2.24) is 4.90 Å². The van der Waals surface area contributed by atoms with E-state index in [9.17, 15) is 0 Å². The quantitative estimate of drug-likeness (QED) is 0.659. The van der Waals surface area contributed by atoms with Crippen molar-refractivity contribution in [3.8, 4) is 0 Å². The zero-order valence-electron chi connectivity index (χ0n) is 9.01. The molecule has 0 aromatic heterocycles. The van der Waals surface area contributed by atoms with Crippen molar-refractivity contribution in [1.29, 1.82) is 0 Å². The Kier molecular flexibility index (Phi) is 6.39. The van der Waals surface area contributed by atoms with Crippen LogP contribution in [0.15, 0.2) is 0 Å². The molecule has 74 valence electrons. The number of rotatable bonds is 6. The van der Waals surface area contributed by atoms with Crippen molar-refractivity contribution in [3.63, 3.8) is 0 Å². The fourth-order valence-corrected chi connectivity index (χ4v) is 1.44. The average Bonchev–Trinajstić information content (AvgIpc) is 1.97. The smallest absolute Gasteiger partial charge is 0.00217 e. The standard InChI is InChI=1S/C10H24N2/c1-9(2)7-10(8-11)5-6-12(3)4/h9-10H,5-8,11H2,1-4H3. The molecule has 0 heterocycles. The third-order valence-corrected chi connectivity index (χ3v) is 2.12. The molecule has 0 aliphatic heterocycles. The lowest BCUT2D eigenvalue weighted by Crippen LogP contribution is -2.22. The number of hydrogen-bond donors (Lipinski definition) is 1. The predicted octanol–water partition coefficient (Wildman–Crippen LogP) is 1.56. The first kappa shape index (κ1) is 11.9. The van der Waals surface area contributed by atoms with E-state index in [1.807, 2.05) is 0 Å². The lowest BCUT2D eigenvalue weighted by Gasteiger charge is -2.19. The van der Waals surface area contributed by atoms with Gasteiger partial charge in [-0.15, -0.1) is 0 Å². The summed E-state index contributed by atoms with van der Waals surface area (Å²) in [7, 11) is 4.23. The Labute approximate surface area is 77.1 Å². The number of nitrogens with zero attached hydrogens (tertiary/aromatic N) is 1. The molecule has 0 saturated carbocycles. The lowest BCUT2D eigenvalue weighted by atomic mass is 9.94. The Hall–Kier alpha value is -0.0800. The van der Waals surface area contributed by atoms with E-state index in [0.717, 1.165) is 19.0 Å². The van der Waals surface area contributed by atoms with Crippen LogP contribution in [0.1, 0.15) is 26.7 Å². The molecule has 0 rings (SSSR count). The third-order valence-electron chi connectivity index (χ3n) is 2.12. The van der Waals surface area contributed by atoms with Crippen molar-refractivity contribution in [2.75, 3.05) is 27.2 Å². The fraction of sp³-hybridized carbons (Fsp3) is 1.00. The Balaban J connectivity index is 3.53. The van der Waals surface area contributed by atoms with Gasteiger partial charge in [0, 0.05) is 0 Å². The van der Waals surface area contributed by atoms with Gasteiger partial charge in [-0.25, -0.2) is 0 Å². The molecule has 0 amide bonds. The van der Waals surface area contributed by atoms with Gasteiger partial charge in [-0.3, -0.25) is 0 Å². The van der Waals surface area contributed by atoms with Gasteiger partial charge in [-0.05, 0) is 51.9 Å². The zero-order chi connectivity index (χ0) is 9.56. The van der Waals surface area contributed by atoms with Crippen LogP contribution in [0.4, 0.5) is 0 Å². The zero-order valence-corrected chi connectivity index (χ0v) is 9.01. The molecule has 0 spiro atoms. The number of nitrogens with two attached hydrogens (primary N) is 1. The molecule has 0 bridgehead atoms. The van der Waals surface area contributed by atoms with E-state index in [0.29, 0.717) is 5.92 Å². The van der Waals surface area contributed by atoms with E-state index in [-0.39, 0.29) is 0 Å². The van der Waals surface area contributed by atoms with Crippen LogP contribution in [-0.2, 0) is 0 Å². The molecule has 0 fully saturated rings. The molecule has 0 saturated heterocycles. The first-order valence-electron chi connectivity index (χ1n) is 4.91. The second-order valence-corrected chi connectivity index (χ2v) is 4.32. The summed E-state index contributed by atoms with van der Waals surface area (Å²) in [6.07, 6.45) is 2.51. The van der Waals surface area contributed by atoms with Crippen LogP contribution in [-0.4, -0.2) is 32.1 Å².